The quantitative estimate of drug-likeness (QED) is 0.778. The van der Waals surface area contributed by atoms with E-state index in [1.165, 1.54) is 25.7 Å². The molecule has 0 atom stereocenters. The summed E-state index contributed by atoms with van der Waals surface area (Å²) >= 11 is 0. The highest BCUT2D eigenvalue weighted by atomic mass is 16.4. The molecule has 1 rings (SSSR count). The Morgan fingerprint density at radius 3 is 2.40 bits per heavy atom. The number of carboxylic acids is 1. The van der Waals surface area contributed by atoms with Gasteiger partial charge in [0.25, 0.3) is 0 Å². The minimum atomic E-state index is -0.728. The van der Waals surface area contributed by atoms with Crippen LogP contribution in [0.4, 0.5) is 0 Å². The minimum Gasteiger partial charge on any atom is -0.480 e. The molecule has 1 aliphatic rings. The van der Waals surface area contributed by atoms with Crippen LogP contribution in [0.25, 0.3) is 0 Å². The summed E-state index contributed by atoms with van der Waals surface area (Å²) in [5.74, 6) is -0.0315. The van der Waals surface area contributed by atoms with Crippen LogP contribution in [0.5, 0.6) is 0 Å². The third kappa shape index (κ3) is 4.65. The van der Waals surface area contributed by atoms with Crippen LogP contribution in [-0.2, 0) is 4.79 Å². The molecule has 0 bridgehead atoms. The number of rotatable bonds is 4. The molecule has 0 amide bonds. The highest BCUT2D eigenvalue weighted by Gasteiger charge is 2.27. The second kappa shape index (κ2) is 4.97. The van der Waals surface area contributed by atoms with Crippen LogP contribution >= 0.6 is 0 Å². The van der Waals surface area contributed by atoms with Crippen molar-refractivity contribution in [3.63, 3.8) is 0 Å². The molecule has 88 valence electrons. The van der Waals surface area contributed by atoms with Gasteiger partial charge in [0.1, 0.15) is 0 Å². The molecule has 3 heteroatoms. The molecule has 1 saturated carbocycles. The first-order valence-electron chi connectivity index (χ1n) is 5.79. The van der Waals surface area contributed by atoms with Crippen LogP contribution < -0.4 is 0 Å². The summed E-state index contributed by atoms with van der Waals surface area (Å²) in [6.45, 7) is 5.75. The number of hydrogen-bond acceptors (Lipinski definition) is 2. The van der Waals surface area contributed by atoms with Gasteiger partial charge in [-0.15, -0.1) is 0 Å². The maximum Gasteiger partial charge on any atom is 0.317 e. The third-order valence-corrected chi connectivity index (χ3v) is 3.43. The van der Waals surface area contributed by atoms with Crippen LogP contribution in [0, 0.1) is 11.3 Å². The van der Waals surface area contributed by atoms with Crippen molar-refractivity contribution in [3.8, 4) is 0 Å². The van der Waals surface area contributed by atoms with Crippen molar-refractivity contribution in [2.45, 2.75) is 39.5 Å². The lowest BCUT2D eigenvalue weighted by molar-refractivity contribution is -0.138. The van der Waals surface area contributed by atoms with E-state index in [9.17, 15) is 4.79 Å². The summed E-state index contributed by atoms with van der Waals surface area (Å²) in [6, 6.07) is 0. The van der Waals surface area contributed by atoms with Crippen molar-refractivity contribution in [3.05, 3.63) is 0 Å². The van der Waals surface area contributed by atoms with E-state index in [-0.39, 0.29) is 6.54 Å². The number of hydrogen-bond donors (Lipinski definition) is 1. The molecule has 0 radical (unpaired) electrons. The molecule has 0 saturated heterocycles. The van der Waals surface area contributed by atoms with Crippen LogP contribution in [0.15, 0.2) is 0 Å². The molecular formula is C12H23NO2. The van der Waals surface area contributed by atoms with E-state index in [0.717, 1.165) is 6.54 Å². The monoisotopic (exact) mass is 213 g/mol. The maximum absolute atomic E-state index is 10.5. The predicted molar refractivity (Wildman–Crippen MR) is 60.9 cm³/mol. The molecule has 0 heterocycles. The highest BCUT2D eigenvalue weighted by molar-refractivity contribution is 5.68. The van der Waals surface area contributed by atoms with Crippen LogP contribution in [0.2, 0.25) is 0 Å². The van der Waals surface area contributed by atoms with Crippen molar-refractivity contribution in [2.75, 3.05) is 20.1 Å². The molecular weight excluding hydrogens is 190 g/mol. The Labute approximate surface area is 92.5 Å². The molecule has 1 fully saturated rings. The number of aliphatic carboxylic acids is 1. The first kappa shape index (κ1) is 12.5. The zero-order chi connectivity index (χ0) is 11.5. The fourth-order valence-electron chi connectivity index (χ4n) is 2.38. The lowest BCUT2D eigenvalue weighted by Crippen LogP contribution is -2.33. The fraction of sp³-hybridized carbons (Fsp3) is 0.917. The van der Waals surface area contributed by atoms with Gasteiger partial charge in [-0.1, -0.05) is 13.8 Å². The molecule has 15 heavy (non-hydrogen) atoms. The van der Waals surface area contributed by atoms with Crippen molar-refractivity contribution in [1.82, 2.24) is 4.90 Å². The second-order valence-electron chi connectivity index (χ2n) is 5.70. The zero-order valence-electron chi connectivity index (χ0n) is 10.1. The smallest absolute Gasteiger partial charge is 0.317 e. The van der Waals surface area contributed by atoms with Crippen molar-refractivity contribution in [1.29, 1.82) is 0 Å². The zero-order valence-corrected chi connectivity index (χ0v) is 10.1. The van der Waals surface area contributed by atoms with Gasteiger partial charge < -0.3 is 5.11 Å². The normalized spacial score (nSPS) is 21.9. The Kier molecular flexibility index (Phi) is 4.14. The van der Waals surface area contributed by atoms with E-state index in [1.807, 2.05) is 11.9 Å². The van der Waals surface area contributed by atoms with Crippen LogP contribution in [-0.4, -0.2) is 36.1 Å². The molecule has 0 aliphatic heterocycles. The van der Waals surface area contributed by atoms with Crippen molar-refractivity contribution >= 4 is 5.97 Å². The Morgan fingerprint density at radius 1 is 1.40 bits per heavy atom. The summed E-state index contributed by atoms with van der Waals surface area (Å²) in [7, 11) is 1.90. The Balaban J connectivity index is 2.26. The maximum atomic E-state index is 10.5. The Morgan fingerprint density at radius 2 is 1.93 bits per heavy atom. The predicted octanol–water partition coefficient (Wildman–Crippen LogP) is 2.22. The van der Waals surface area contributed by atoms with E-state index in [2.05, 4.69) is 13.8 Å². The first-order valence-corrected chi connectivity index (χ1v) is 5.79. The largest absolute Gasteiger partial charge is 0.480 e. The van der Waals surface area contributed by atoms with Gasteiger partial charge in [0.15, 0.2) is 0 Å². The summed E-state index contributed by atoms with van der Waals surface area (Å²) < 4.78 is 0. The topological polar surface area (TPSA) is 40.5 Å². The van der Waals surface area contributed by atoms with E-state index in [0.29, 0.717) is 11.3 Å². The van der Waals surface area contributed by atoms with E-state index in [1.54, 1.807) is 0 Å². The van der Waals surface area contributed by atoms with E-state index < -0.39 is 5.97 Å². The number of carbonyl (C=O) groups is 1. The first-order chi connectivity index (χ1) is 6.89. The summed E-state index contributed by atoms with van der Waals surface area (Å²) in [5, 5.41) is 8.65. The average molecular weight is 213 g/mol. The van der Waals surface area contributed by atoms with Gasteiger partial charge in [0.05, 0.1) is 6.54 Å². The van der Waals surface area contributed by atoms with Gasteiger partial charge in [-0.2, -0.15) is 0 Å². The number of carboxylic acid groups (broad SMARTS) is 1. The van der Waals surface area contributed by atoms with Gasteiger partial charge in [-0.3, -0.25) is 9.69 Å². The molecule has 3 nitrogen and oxygen atoms in total. The van der Waals surface area contributed by atoms with Crippen LogP contribution in [0.1, 0.15) is 39.5 Å². The minimum absolute atomic E-state index is 0.167. The van der Waals surface area contributed by atoms with Crippen molar-refractivity contribution in [2.24, 2.45) is 11.3 Å². The Hall–Kier alpha value is -0.570. The SMILES string of the molecule is CN(CC(=O)O)CC1CCC(C)(C)CC1. The van der Waals surface area contributed by atoms with Gasteiger partial charge in [-0.25, -0.2) is 0 Å². The third-order valence-electron chi connectivity index (χ3n) is 3.43. The van der Waals surface area contributed by atoms with Gasteiger partial charge in [0.2, 0.25) is 0 Å². The lowest BCUT2D eigenvalue weighted by atomic mass is 9.73. The number of nitrogens with zero attached hydrogens (tertiary/aromatic N) is 1. The molecule has 0 unspecified atom stereocenters. The van der Waals surface area contributed by atoms with E-state index >= 15 is 0 Å². The molecule has 0 spiro atoms. The lowest BCUT2D eigenvalue weighted by Gasteiger charge is -2.35. The molecule has 0 aromatic rings. The van der Waals surface area contributed by atoms with Gasteiger partial charge >= 0.3 is 5.97 Å². The summed E-state index contributed by atoms with van der Waals surface area (Å²) in [6.07, 6.45) is 5.05. The molecule has 1 N–H and O–H groups in total. The summed E-state index contributed by atoms with van der Waals surface area (Å²) in [5.41, 5.74) is 0.502. The standard InChI is InChI=1S/C12H23NO2/c1-12(2)6-4-10(5-7-12)8-13(3)9-11(14)15/h10H,4-9H2,1-3H3,(H,14,15). The summed E-state index contributed by atoms with van der Waals surface area (Å²) in [4.78, 5) is 12.4. The van der Waals surface area contributed by atoms with Crippen LogP contribution in [0.3, 0.4) is 0 Å². The number of likely N-dealkylation sites (N-methyl/N-ethyl adjacent to an activating group) is 1. The van der Waals surface area contributed by atoms with E-state index in [4.69, 9.17) is 5.11 Å². The second-order valence-corrected chi connectivity index (χ2v) is 5.70. The van der Waals surface area contributed by atoms with Crippen molar-refractivity contribution < 1.29 is 9.90 Å². The van der Waals surface area contributed by atoms with Gasteiger partial charge in [0, 0.05) is 6.54 Å². The van der Waals surface area contributed by atoms with Gasteiger partial charge in [-0.05, 0) is 44.1 Å². The molecule has 0 aromatic heterocycles. The fourth-order valence-corrected chi connectivity index (χ4v) is 2.38. The average Bonchev–Trinajstić information content (AvgIpc) is 2.07. The molecule has 1 aliphatic carbocycles. The Bertz CT molecular complexity index is 216. The highest BCUT2D eigenvalue weighted by Crippen LogP contribution is 2.37. The molecule has 0 aromatic carbocycles.